The SMILES string of the molecule is CC1CCC(C(C)C)C(OP(Oc2ccc3ccccc3c2)OC2CC(C)CCC2C(C)C)C1. The van der Waals surface area contributed by atoms with Gasteiger partial charge in [0.25, 0.3) is 0 Å². The molecule has 2 aromatic rings. The zero-order valence-corrected chi connectivity index (χ0v) is 23.0. The van der Waals surface area contributed by atoms with Gasteiger partial charge in [-0.3, -0.25) is 9.05 Å². The van der Waals surface area contributed by atoms with Gasteiger partial charge in [-0.05, 0) is 84.1 Å². The molecular weight excluding hydrogens is 439 g/mol. The molecule has 2 aliphatic rings. The van der Waals surface area contributed by atoms with Gasteiger partial charge in [0.15, 0.2) is 0 Å². The summed E-state index contributed by atoms with van der Waals surface area (Å²) in [6.45, 7) is 14.1. The van der Waals surface area contributed by atoms with Crippen LogP contribution in [0.25, 0.3) is 10.8 Å². The first-order valence-corrected chi connectivity index (χ1v) is 14.7. The molecule has 0 amide bonds. The number of hydrogen-bond donors (Lipinski definition) is 0. The van der Waals surface area contributed by atoms with E-state index in [2.05, 4.69) is 84.0 Å². The van der Waals surface area contributed by atoms with Crippen molar-refractivity contribution in [2.24, 2.45) is 35.5 Å². The highest BCUT2D eigenvalue weighted by Gasteiger charge is 2.39. The van der Waals surface area contributed by atoms with Crippen molar-refractivity contribution in [3.05, 3.63) is 42.5 Å². The summed E-state index contributed by atoms with van der Waals surface area (Å²) in [7, 11) is -1.48. The summed E-state index contributed by atoms with van der Waals surface area (Å²) in [5.74, 6) is 4.57. The molecule has 0 N–H and O–H groups in total. The van der Waals surface area contributed by atoms with Gasteiger partial charge in [0.2, 0.25) is 0 Å². The van der Waals surface area contributed by atoms with E-state index in [1.165, 1.54) is 36.5 Å². The van der Waals surface area contributed by atoms with Crippen LogP contribution in [0.4, 0.5) is 0 Å². The van der Waals surface area contributed by atoms with Crippen LogP contribution in [-0.4, -0.2) is 12.2 Å². The first-order valence-electron chi connectivity index (χ1n) is 13.6. The highest BCUT2D eigenvalue weighted by atomic mass is 31.2. The molecule has 2 saturated carbocycles. The molecule has 188 valence electrons. The second kappa shape index (κ2) is 11.7. The van der Waals surface area contributed by atoms with Crippen LogP contribution in [0.15, 0.2) is 42.5 Å². The Balaban J connectivity index is 1.57. The molecule has 0 aromatic heterocycles. The van der Waals surface area contributed by atoms with E-state index in [0.29, 0.717) is 35.5 Å². The Hall–Kier alpha value is -1.15. The quantitative estimate of drug-likeness (QED) is 0.349. The molecule has 0 bridgehead atoms. The van der Waals surface area contributed by atoms with E-state index in [0.717, 1.165) is 18.6 Å². The molecule has 0 aliphatic heterocycles. The first-order chi connectivity index (χ1) is 16.3. The predicted octanol–water partition coefficient (Wildman–Crippen LogP) is 9.40. The Morgan fingerprint density at radius 2 is 1.24 bits per heavy atom. The molecule has 0 radical (unpaired) electrons. The molecule has 4 heteroatoms. The fourth-order valence-electron chi connectivity index (χ4n) is 6.07. The minimum Gasteiger partial charge on any atom is -0.427 e. The van der Waals surface area contributed by atoms with Crippen molar-refractivity contribution in [2.45, 2.75) is 92.3 Å². The fourth-order valence-corrected chi connectivity index (χ4v) is 7.42. The monoisotopic (exact) mass is 484 g/mol. The van der Waals surface area contributed by atoms with Gasteiger partial charge in [-0.25, -0.2) is 0 Å². The second-order valence-corrected chi connectivity index (χ2v) is 12.8. The molecule has 2 aliphatic carbocycles. The molecule has 4 rings (SSSR count). The van der Waals surface area contributed by atoms with Crippen LogP contribution in [0.2, 0.25) is 0 Å². The van der Waals surface area contributed by atoms with Crippen molar-refractivity contribution in [1.29, 1.82) is 0 Å². The van der Waals surface area contributed by atoms with Gasteiger partial charge in [-0.15, -0.1) is 0 Å². The molecule has 3 nitrogen and oxygen atoms in total. The highest BCUT2D eigenvalue weighted by molar-refractivity contribution is 7.42. The number of rotatable bonds is 8. The van der Waals surface area contributed by atoms with Crippen LogP contribution in [0, 0.1) is 35.5 Å². The van der Waals surface area contributed by atoms with E-state index < -0.39 is 8.60 Å². The molecule has 0 heterocycles. The molecule has 0 saturated heterocycles. The summed E-state index contributed by atoms with van der Waals surface area (Å²) in [5, 5.41) is 2.41. The van der Waals surface area contributed by atoms with Gasteiger partial charge in [0.05, 0.1) is 12.2 Å². The maximum Gasteiger partial charge on any atom is 0.397 e. The molecule has 2 fully saturated rings. The fraction of sp³-hybridized carbons (Fsp3) is 0.667. The zero-order chi connectivity index (χ0) is 24.2. The van der Waals surface area contributed by atoms with Crippen molar-refractivity contribution < 1.29 is 13.6 Å². The Labute approximate surface area is 209 Å². The average Bonchev–Trinajstić information content (AvgIpc) is 2.78. The van der Waals surface area contributed by atoms with E-state index in [9.17, 15) is 0 Å². The summed E-state index contributed by atoms with van der Waals surface area (Å²) in [6, 6.07) is 14.8. The van der Waals surface area contributed by atoms with Gasteiger partial charge in [-0.2, -0.15) is 0 Å². The minimum absolute atomic E-state index is 0.203. The van der Waals surface area contributed by atoms with Crippen molar-refractivity contribution in [3.63, 3.8) is 0 Å². The van der Waals surface area contributed by atoms with Crippen LogP contribution in [0.5, 0.6) is 5.75 Å². The summed E-state index contributed by atoms with van der Waals surface area (Å²) in [5.41, 5.74) is 0. The summed E-state index contributed by atoms with van der Waals surface area (Å²) >= 11 is 0. The van der Waals surface area contributed by atoms with Crippen molar-refractivity contribution in [2.75, 3.05) is 0 Å². The lowest BCUT2D eigenvalue weighted by atomic mass is 9.75. The van der Waals surface area contributed by atoms with Gasteiger partial charge < -0.3 is 4.52 Å². The van der Waals surface area contributed by atoms with Crippen molar-refractivity contribution in [3.8, 4) is 5.75 Å². The average molecular weight is 485 g/mol. The Morgan fingerprint density at radius 3 is 1.76 bits per heavy atom. The Morgan fingerprint density at radius 1 is 0.706 bits per heavy atom. The smallest absolute Gasteiger partial charge is 0.397 e. The molecule has 6 atom stereocenters. The number of fused-ring (bicyclic) bond motifs is 1. The topological polar surface area (TPSA) is 27.7 Å². The Bertz CT molecular complexity index is 879. The summed E-state index contributed by atoms with van der Waals surface area (Å²) in [4.78, 5) is 0. The molecule has 34 heavy (non-hydrogen) atoms. The molecule has 6 unspecified atom stereocenters. The lowest BCUT2D eigenvalue weighted by molar-refractivity contribution is -0.00255. The van der Waals surface area contributed by atoms with Crippen LogP contribution < -0.4 is 4.52 Å². The van der Waals surface area contributed by atoms with Crippen LogP contribution in [-0.2, 0) is 9.05 Å². The molecule has 0 spiro atoms. The number of hydrogen-bond acceptors (Lipinski definition) is 3. The Kier molecular flexibility index (Phi) is 8.94. The van der Waals surface area contributed by atoms with Gasteiger partial charge in [0, 0.05) is 0 Å². The van der Waals surface area contributed by atoms with Gasteiger partial charge in [0.1, 0.15) is 5.75 Å². The third-order valence-electron chi connectivity index (χ3n) is 8.27. The normalized spacial score (nSPS) is 31.2. The van der Waals surface area contributed by atoms with Crippen LogP contribution in [0.1, 0.15) is 80.1 Å². The molecule has 2 aromatic carbocycles. The molecular formula is C30H45O3P. The first kappa shape index (κ1) is 25.9. The van der Waals surface area contributed by atoms with Crippen molar-refractivity contribution >= 4 is 19.4 Å². The van der Waals surface area contributed by atoms with Crippen LogP contribution >= 0.6 is 8.60 Å². The third-order valence-corrected chi connectivity index (χ3v) is 9.51. The summed E-state index contributed by atoms with van der Waals surface area (Å²) in [6.07, 6.45) is 7.66. The third kappa shape index (κ3) is 6.54. The minimum atomic E-state index is -1.48. The van der Waals surface area contributed by atoms with Gasteiger partial charge >= 0.3 is 8.60 Å². The van der Waals surface area contributed by atoms with E-state index in [-0.39, 0.29) is 12.2 Å². The van der Waals surface area contributed by atoms with Gasteiger partial charge in [-0.1, -0.05) is 84.7 Å². The van der Waals surface area contributed by atoms with Crippen LogP contribution in [0.3, 0.4) is 0 Å². The highest BCUT2D eigenvalue weighted by Crippen LogP contribution is 2.51. The number of benzene rings is 2. The van der Waals surface area contributed by atoms with E-state index in [4.69, 9.17) is 13.6 Å². The largest absolute Gasteiger partial charge is 0.427 e. The summed E-state index contributed by atoms with van der Waals surface area (Å²) < 4.78 is 20.3. The van der Waals surface area contributed by atoms with E-state index >= 15 is 0 Å². The van der Waals surface area contributed by atoms with E-state index in [1.54, 1.807) is 0 Å². The second-order valence-electron chi connectivity index (χ2n) is 11.8. The van der Waals surface area contributed by atoms with E-state index in [1.807, 2.05) is 0 Å². The lowest BCUT2D eigenvalue weighted by Gasteiger charge is -2.41. The standard InChI is InChI=1S/C30H45O3P/c1-20(2)27-15-11-22(5)17-29(27)32-34(33-30-18-23(6)12-16-28(30)21(3)4)31-26-14-13-24-9-7-8-10-25(24)19-26/h7-10,13-14,19-23,27-30H,11-12,15-18H2,1-6H3. The van der Waals surface area contributed by atoms with Crippen molar-refractivity contribution in [1.82, 2.24) is 0 Å². The predicted molar refractivity (Wildman–Crippen MR) is 144 cm³/mol. The maximum atomic E-state index is 6.84. The maximum absolute atomic E-state index is 6.84. The lowest BCUT2D eigenvalue weighted by Crippen LogP contribution is -2.36. The zero-order valence-electron chi connectivity index (χ0n) is 22.1.